The quantitative estimate of drug-likeness (QED) is 0.771. The van der Waals surface area contributed by atoms with Crippen LogP contribution in [0, 0.1) is 0 Å². The molecule has 0 spiro atoms. The van der Waals surface area contributed by atoms with E-state index in [0.717, 1.165) is 31.5 Å². The molecule has 2 aliphatic rings. The van der Waals surface area contributed by atoms with Gasteiger partial charge in [-0.3, -0.25) is 4.79 Å². The summed E-state index contributed by atoms with van der Waals surface area (Å²) in [4.78, 5) is 17.3. The number of likely N-dealkylation sites (tertiary alicyclic amines) is 2. The molecule has 1 amide bonds. The van der Waals surface area contributed by atoms with E-state index in [0.29, 0.717) is 6.04 Å². The van der Waals surface area contributed by atoms with Gasteiger partial charge >= 0.3 is 0 Å². The van der Waals surface area contributed by atoms with Crippen molar-refractivity contribution in [3.63, 3.8) is 0 Å². The van der Waals surface area contributed by atoms with Gasteiger partial charge in [0.2, 0.25) is 5.91 Å². The maximum atomic E-state index is 12.6. The van der Waals surface area contributed by atoms with Crippen LogP contribution in [0.25, 0.3) is 6.08 Å². The van der Waals surface area contributed by atoms with Crippen LogP contribution in [-0.2, 0) is 10.2 Å². The van der Waals surface area contributed by atoms with Crippen molar-refractivity contribution in [1.82, 2.24) is 9.80 Å². The summed E-state index contributed by atoms with van der Waals surface area (Å²) in [5.41, 5.74) is 2.58. The summed E-state index contributed by atoms with van der Waals surface area (Å²) in [6.07, 6.45) is 8.62. The maximum Gasteiger partial charge on any atom is 0.246 e. The van der Waals surface area contributed by atoms with Crippen molar-refractivity contribution in [2.75, 3.05) is 26.2 Å². The van der Waals surface area contributed by atoms with E-state index in [4.69, 9.17) is 0 Å². The fourth-order valence-electron chi connectivity index (χ4n) is 3.94. The minimum Gasteiger partial charge on any atom is -0.335 e. The van der Waals surface area contributed by atoms with Gasteiger partial charge in [0.05, 0.1) is 0 Å². The fourth-order valence-corrected chi connectivity index (χ4v) is 3.94. The third-order valence-electron chi connectivity index (χ3n) is 5.52. The minimum atomic E-state index is 0.163. The first-order valence-electron chi connectivity index (χ1n) is 9.75. The van der Waals surface area contributed by atoms with Gasteiger partial charge in [-0.25, -0.2) is 0 Å². The molecule has 2 heterocycles. The highest BCUT2D eigenvalue weighted by Crippen LogP contribution is 2.23. The van der Waals surface area contributed by atoms with Gasteiger partial charge in [0.15, 0.2) is 0 Å². The van der Waals surface area contributed by atoms with Crippen molar-refractivity contribution < 1.29 is 4.79 Å². The normalized spacial score (nSPS) is 22.2. The van der Waals surface area contributed by atoms with Crippen LogP contribution >= 0.6 is 0 Å². The van der Waals surface area contributed by atoms with E-state index in [-0.39, 0.29) is 11.3 Å². The molecule has 2 saturated heterocycles. The molecule has 0 aliphatic carbocycles. The van der Waals surface area contributed by atoms with E-state index in [1.807, 2.05) is 6.08 Å². The van der Waals surface area contributed by atoms with Gasteiger partial charge in [-0.2, -0.15) is 0 Å². The van der Waals surface area contributed by atoms with E-state index in [9.17, 15) is 4.79 Å². The largest absolute Gasteiger partial charge is 0.335 e. The zero-order valence-electron chi connectivity index (χ0n) is 16.0. The van der Waals surface area contributed by atoms with Crippen LogP contribution < -0.4 is 0 Å². The second-order valence-electron chi connectivity index (χ2n) is 8.54. The molecule has 1 aromatic rings. The van der Waals surface area contributed by atoms with Crippen molar-refractivity contribution in [1.29, 1.82) is 0 Å². The molecule has 3 rings (SSSR count). The van der Waals surface area contributed by atoms with Crippen LogP contribution in [0.15, 0.2) is 30.3 Å². The zero-order chi connectivity index (χ0) is 17.9. The van der Waals surface area contributed by atoms with Gasteiger partial charge in [-0.1, -0.05) is 45.0 Å². The van der Waals surface area contributed by atoms with E-state index in [2.05, 4.69) is 54.8 Å². The van der Waals surface area contributed by atoms with Gasteiger partial charge in [-0.15, -0.1) is 0 Å². The van der Waals surface area contributed by atoms with Crippen molar-refractivity contribution in [3.8, 4) is 0 Å². The number of rotatable bonds is 4. The summed E-state index contributed by atoms with van der Waals surface area (Å²) in [6.45, 7) is 11.0. The van der Waals surface area contributed by atoms with Gasteiger partial charge in [-0.05, 0) is 61.4 Å². The molecule has 25 heavy (non-hydrogen) atoms. The highest BCUT2D eigenvalue weighted by atomic mass is 16.2. The van der Waals surface area contributed by atoms with Crippen LogP contribution in [0.2, 0.25) is 0 Å². The summed E-state index contributed by atoms with van der Waals surface area (Å²) >= 11 is 0. The molecule has 136 valence electrons. The molecule has 1 atom stereocenters. The molecule has 3 nitrogen and oxygen atoms in total. The van der Waals surface area contributed by atoms with Crippen LogP contribution in [0.5, 0.6) is 0 Å². The smallest absolute Gasteiger partial charge is 0.246 e. The van der Waals surface area contributed by atoms with Crippen LogP contribution in [-0.4, -0.2) is 47.9 Å². The second kappa shape index (κ2) is 7.74. The number of amides is 1. The summed E-state index contributed by atoms with van der Waals surface area (Å²) in [5.74, 6) is 0.168. The molecular weight excluding hydrogens is 308 g/mol. The van der Waals surface area contributed by atoms with Gasteiger partial charge in [0.1, 0.15) is 0 Å². The predicted molar refractivity (Wildman–Crippen MR) is 105 cm³/mol. The predicted octanol–water partition coefficient (Wildman–Crippen LogP) is 4.08. The van der Waals surface area contributed by atoms with E-state index in [1.54, 1.807) is 6.08 Å². The molecule has 0 bridgehead atoms. The number of benzene rings is 1. The summed E-state index contributed by atoms with van der Waals surface area (Å²) in [5, 5.41) is 0. The highest BCUT2D eigenvalue weighted by molar-refractivity contribution is 5.92. The molecular formula is C22H32N2O. The third-order valence-corrected chi connectivity index (χ3v) is 5.52. The Hall–Kier alpha value is -1.61. The van der Waals surface area contributed by atoms with Crippen molar-refractivity contribution in [2.45, 2.75) is 57.9 Å². The molecule has 0 N–H and O–H groups in total. The van der Waals surface area contributed by atoms with Crippen molar-refractivity contribution in [3.05, 3.63) is 41.5 Å². The van der Waals surface area contributed by atoms with Crippen LogP contribution in [0.1, 0.15) is 57.6 Å². The topological polar surface area (TPSA) is 23.6 Å². The Bertz CT molecular complexity index is 606. The number of hydrogen-bond donors (Lipinski definition) is 0. The first-order valence-corrected chi connectivity index (χ1v) is 9.75. The van der Waals surface area contributed by atoms with E-state index < -0.39 is 0 Å². The van der Waals surface area contributed by atoms with Gasteiger partial charge in [0.25, 0.3) is 0 Å². The summed E-state index contributed by atoms with van der Waals surface area (Å²) in [7, 11) is 0. The Labute approximate surface area is 152 Å². The lowest BCUT2D eigenvalue weighted by molar-refractivity contribution is -0.127. The summed E-state index contributed by atoms with van der Waals surface area (Å²) in [6, 6.07) is 8.94. The lowest BCUT2D eigenvalue weighted by Crippen LogP contribution is -2.41. The lowest BCUT2D eigenvalue weighted by Gasteiger charge is -2.27. The Kier molecular flexibility index (Phi) is 5.63. The average Bonchev–Trinajstić information content (AvgIpc) is 3.24. The van der Waals surface area contributed by atoms with E-state index in [1.165, 1.54) is 31.5 Å². The average molecular weight is 341 g/mol. The van der Waals surface area contributed by atoms with Crippen LogP contribution in [0.4, 0.5) is 0 Å². The molecule has 2 aliphatic heterocycles. The first-order chi connectivity index (χ1) is 11.9. The van der Waals surface area contributed by atoms with Crippen molar-refractivity contribution >= 4 is 12.0 Å². The molecule has 1 aromatic carbocycles. The molecule has 0 unspecified atom stereocenters. The SMILES string of the molecule is CC(C)(C)c1ccc(/C=C/C(=O)N2CCC[C@H]2CN2CCCC2)cc1. The standard InChI is InChI=1S/C22H32N2O/c1-22(2,3)19-11-8-18(9-12-19)10-13-21(25)24-16-6-7-20(24)17-23-14-4-5-15-23/h8-13,20H,4-7,14-17H2,1-3H3/b13-10+/t20-/m0/s1. The lowest BCUT2D eigenvalue weighted by atomic mass is 9.87. The van der Waals surface area contributed by atoms with Gasteiger partial charge < -0.3 is 9.80 Å². The Balaban J connectivity index is 1.59. The van der Waals surface area contributed by atoms with E-state index >= 15 is 0 Å². The van der Waals surface area contributed by atoms with Crippen molar-refractivity contribution in [2.24, 2.45) is 0 Å². The minimum absolute atomic E-state index is 0.163. The molecule has 2 fully saturated rings. The Morgan fingerprint density at radius 3 is 2.40 bits per heavy atom. The Morgan fingerprint density at radius 1 is 1.08 bits per heavy atom. The molecule has 0 radical (unpaired) electrons. The maximum absolute atomic E-state index is 12.6. The van der Waals surface area contributed by atoms with Gasteiger partial charge in [0, 0.05) is 25.2 Å². The molecule has 0 aromatic heterocycles. The monoisotopic (exact) mass is 340 g/mol. The number of nitrogens with zero attached hydrogens (tertiary/aromatic N) is 2. The van der Waals surface area contributed by atoms with Crippen LogP contribution in [0.3, 0.4) is 0 Å². The number of hydrogen-bond acceptors (Lipinski definition) is 2. The number of carbonyl (C=O) groups is 1. The number of carbonyl (C=O) groups excluding carboxylic acids is 1. The third kappa shape index (κ3) is 4.72. The summed E-state index contributed by atoms with van der Waals surface area (Å²) < 4.78 is 0. The first kappa shape index (κ1) is 18.2. The Morgan fingerprint density at radius 2 is 1.76 bits per heavy atom. The molecule has 3 heteroatoms. The second-order valence-corrected chi connectivity index (χ2v) is 8.54. The zero-order valence-corrected chi connectivity index (χ0v) is 16.0. The fraction of sp³-hybridized carbons (Fsp3) is 0.591. The highest BCUT2D eigenvalue weighted by Gasteiger charge is 2.29. The molecule has 0 saturated carbocycles.